The zero-order chi connectivity index (χ0) is 45.4. The number of para-hydroxylation sites is 2. The fourth-order valence-electron chi connectivity index (χ4n) is 7.64. The lowest BCUT2D eigenvalue weighted by Gasteiger charge is -2.21. The van der Waals surface area contributed by atoms with Crippen LogP contribution in [0.5, 0.6) is 11.5 Å². The van der Waals surface area contributed by atoms with Gasteiger partial charge in [0.2, 0.25) is 11.8 Å². The number of aromatic nitrogens is 3. The van der Waals surface area contributed by atoms with E-state index in [1.807, 2.05) is 18.2 Å². The second-order valence-corrected chi connectivity index (χ2v) is 18.7. The van der Waals surface area contributed by atoms with E-state index in [2.05, 4.69) is 15.6 Å². The molecule has 19 nitrogen and oxygen atoms in total. The predicted octanol–water partition coefficient (Wildman–Crippen LogP) is 1.90. The Morgan fingerprint density at radius 1 is 0.922 bits per heavy atom. The van der Waals surface area contributed by atoms with Crippen LogP contribution in [0.3, 0.4) is 0 Å². The molecule has 21 heteroatoms. The van der Waals surface area contributed by atoms with Gasteiger partial charge in [0.05, 0.1) is 92.1 Å². The first-order valence-electron chi connectivity index (χ1n) is 20.9. The number of pyridine rings is 1. The minimum Gasteiger partial charge on any atom is -0.493 e. The number of carbonyl (C=O) groups excluding carboxylic acids is 3. The van der Waals surface area contributed by atoms with E-state index in [0.29, 0.717) is 76.8 Å². The molecule has 5 heterocycles. The molecule has 0 spiro atoms. The Morgan fingerprint density at radius 3 is 2.34 bits per heavy atom. The number of aliphatic imine (C=N–C) groups is 1. The van der Waals surface area contributed by atoms with Crippen LogP contribution in [0, 0.1) is 0 Å². The number of hydrogen-bond acceptors (Lipinski definition) is 14. The van der Waals surface area contributed by atoms with E-state index in [0.717, 1.165) is 11.1 Å². The third-order valence-corrected chi connectivity index (χ3v) is 13.9. The molecule has 2 aliphatic heterocycles. The predicted molar refractivity (Wildman–Crippen MR) is 240 cm³/mol. The van der Waals surface area contributed by atoms with Crippen molar-refractivity contribution < 1.29 is 46.5 Å². The third-order valence-electron chi connectivity index (χ3n) is 10.9. The van der Waals surface area contributed by atoms with E-state index in [9.17, 15) is 32.4 Å². The minimum absolute atomic E-state index is 0.0778. The number of imidazole rings is 1. The van der Waals surface area contributed by atoms with Gasteiger partial charge in [-0.3, -0.25) is 38.6 Å². The number of thiophene rings is 1. The fraction of sp³-hybridized carbons (Fsp3) is 0.442. The van der Waals surface area contributed by atoms with Crippen LogP contribution in [0.4, 0.5) is 0 Å². The van der Waals surface area contributed by atoms with E-state index in [4.69, 9.17) is 29.4 Å². The molecule has 0 aliphatic carbocycles. The molecule has 3 aromatic heterocycles. The van der Waals surface area contributed by atoms with Gasteiger partial charge in [-0.1, -0.05) is 18.2 Å². The van der Waals surface area contributed by atoms with Crippen molar-refractivity contribution in [2.45, 2.75) is 44.3 Å². The molecule has 2 aromatic carbocycles. The van der Waals surface area contributed by atoms with Crippen molar-refractivity contribution >= 4 is 65.9 Å². The lowest BCUT2D eigenvalue weighted by Crippen LogP contribution is -2.44. The number of carbonyl (C=O) groups is 3. The zero-order valence-electron chi connectivity index (χ0n) is 35.5. The molecule has 0 bridgehead atoms. The molecule has 0 radical (unpaired) electrons. The van der Waals surface area contributed by atoms with E-state index >= 15 is 0 Å². The molecule has 342 valence electrons. The van der Waals surface area contributed by atoms with Crippen molar-refractivity contribution in [3.05, 3.63) is 80.4 Å². The average molecular weight is 922 g/mol. The van der Waals surface area contributed by atoms with Crippen molar-refractivity contribution in [2.75, 3.05) is 71.4 Å². The van der Waals surface area contributed by atoms with Crippen molar-refractivity contribution in [3.8, 4) is 22.6 Å². The van der Waals surface area contributed by atoms with Gasteiger partial charge in [-0.05, 0) is 55.2 Å². The van der Waals surface area contributed by atoms with Crippen molar-refractivity contribution in [2.24, 2.45) is 17.8 Å². The normalized spacial score (nSPS) is 16.9. The van der Waals surface area contributed by atoms with E-state index in [1.54, 1.807) is 48.1 Å². The quantitative estimate of drug-likeness (QED) is 0.0438. The van der Waals surface area contributed by atoms with Crippen LogP contribution in [0.2, 0.25) is 0 Å². The molecule has 1 unspecified atom stereocenters. The zero-order valence-corrected chi connectivity index (χ0v) is 37.2. The number of methoxy groups -OCH3 is 1. The highest BCUT2D eigenvalue weighted by molar-refractivity contribution is 7.91. The number of amidine groups is 1. The second-order valence-electron chi connectivity index (χ2n) is 15.3. The smallest absolute Gasteiger partial charge is 0.329 e. The Hall–Kier alpha value is -5.87. The van der Waals surface area contributed by atoms with Gasteiger partial charge in [0.1, 0.15) is 21.7 Å². The largest absolute Gasteiger partial charge is 0.493 e. The first-order chi connectivity index (χ1) is 30.8. The van der Waals surface area contributed by atoms with Crippen molar-refractivity contribution in [1.29, 1.82) is 0 Å². The van der Waals surface area contributed by atoms with Gasteiger partial charge < -0.3 is 39.3 Å². The summed E-state index contributed by atoms with van der Waals surface area (Å²) >= 11 is 1.33. The van der Waals surface area contributed by atoms with Crippen LogP contribution >= 0.6 is 11.3 Å². The number of nitrogens with one attached hydrogen (secondary N) is 2. The first-order valence-corrected chi connectivity index (χ1v) is 23.5. The maximum Gasteiger partial charge on any atom is 0.329 e. The summed E-state index contributed by atoms with van der Waals surface area (Å²) in [5.41, 5.74) is 8.64. The summed E-state index contributed by atoms with van der Waals surface area (Å²) in [7, 11) is 0.119. The average Bonchev–Trinajstić information content (AvgIpc) is 3.85. The van der Waals surface area contributed by atoms with Gasteiger partial charge in [-0.15, -0.1) is 11.3 Å². The molecule has 5 aromatic rings. The molecule has 2 saturated heterocycles. The van der Waals surface area contributed by atoms with Crippen LogP contribution < -0.4 is 37.1 Å². The number of nitrogens with zero attached hydrogens (tertiary/aromatic N) is 4. The summed E-state index contributed by atoms with van der Waals surface area (Å²) in [5, 5.41) is 5.55. The lowest BCUT2D eigenvalue weighted by atomic mass is 10.1. The highest BCUT2D eigenvalue weighted by Crippen LogP contribution is 2.38. The number of aryl methyl sites for hydroxylation is 1. The second kappa shape index (κ2) is 20.8. The van der Waals surface area contributed by atoms with E-state index in [1.165, 1.54) is 27.6 Å². The van der Waals surface area contributed by atoms with Gasteiger partial charge in [0.25, 0.3) is 11.5 Å². The van der Waals surface area contributed by atoms with Gasteiger partial charge >= 0.3 is 5.69 Å². The molecule has 64 heavy (non-hydrogen) atoms. The lowest BCUT2D eigenvalue weighted by molar-refractivity contribution is -0.135. The number of rotatable bonds is 20. The molecule has 7 rings (SSSR count). The molecular weight excluding hydrogens is 871 g/mol. The maximum absolute atomic E-state index is 13.3. The highest BCUT2D eigenvalue weighted by atomic mass is 32.2. The van der Waals surface area contributed by atoms with E-state index < -0.39 is 21.8 Å². The molecule has 2 aliphatic rings. The summed E-state index contributed by atoms with van der Waals surface area (Å²) in [6.07, 6.45) is 2.98. The fourth-order valence-corrected chi connectivity index (χ4v) is 10.2. The van der Waals surface area contributed by atoms with Crippen molar-refractivity contribution in [3.63, 3.8) is 0 Å². The number of piperidine rings is 1. The van der Waals surface area contributed by atoms with Gasteiger partial charge in [0, 0.05) is 36.5 Å². The topological polar surface area (TPSA) is 243 Å². The Morgan fingerprint density at radius 2 is 1.62 bits per heavy atom. The highest BCUT2D eigenvalue weighted by Gasteiger charge is 2.31. The number of imide groups is 1. The molecule has 0 saturated carbocycles. The SMILES string of the molecule is COc1cc(-c2cn(C)c(=O)c3cc(C(N)=NC4CCS(=O)(=O)CC4)sc23)ccc1OCC(=O)NCCOCCOCCOCCn1c(=O)n(C2CCC(=O)NC2=O)c2ccccc21. The molecule has 4 N–H and O–H groups in total. The number of amides is 3. The van der Waals surface area contributed by atoms with E-state index in [-0.39, 0.29) is 92.2 Å². The monoisotopic (exact) mass is 921 g/mol. The number of hydrogen-bond donors (Lipinski definition) is 3. The van der Waals surface area contributed by atoms with Crippen LogP contribution in [0.15, 0.2) is 69.3 Å². The summed E-state index contributed by atoms with van der Waals surface area (Å²) in [5.74, 6) is -0.0270. The number of nitrogens with two attached hydrogens (primary N) is 1. The number of benzene rings is 2. The summed E-state index contributed by atoms with van der Waals surface area (Å²) in [6, 6.07) is 13.2. The number of ether oxygens (including phenoxy) is 5. The molecular formula is C43H51N7O12S2. The minimum atomic E-state index is -3.04. The standard InChI is InChI=1S/C43H51N7O12S2/c1-48-25-30(39-29(42(48)54)24-36(63-39)40(44)46-28-11-21-64(56,57)22-12-28)27-7-9-34(35(23-27)58-2)62-26-38(52)45-13-15-59-17-19-61-20-18-60-16-14-49-31-5-3-4-6-32(31)50(43(49)55)33-8-10-37(51)47-41(33)53/h3-7,9,23-25,28,33H,8,10-22,26H2,1-2H3,(H2,44,46)(H,45,52)(H,47,51,53). The van der Waals surface area contributed by atoms with Gasteiger partial charge in [-0.2, -0.15) is 0 Å². The maximum atomic E-state index is 13.3. The Balaban J connectivity index is 0.806. The van der Waals surface area contributed by atoms with Crippen LogP contribution in [-0.4, -0.2) is 123 Å². The first kappa shape index (κ1) is 46.1. The third kappa shape index (κ3) is 10.9. The van der Waals surface area contributed by atoms with Gasteiger partial charge in [0.15, 0.2) is 18.1 Å². The Labute approximate surface area is 372 Å². The van der Waals surface area contributed by atoms with Crippen LogP contribution in [-0.2, 0) is 52.0 Å². The van der Waals surface area contributed by atoms with Gasteiger partial charge in [-0.25, -0.2) is 13.2 Å². The molecule has 1 atom stereocenters. The number of sulfone groups is 1. The Kier molecular flexibility index (Phi) is 15.0. The summed E-state index contributed by atoms with van der Waals surface area (Å²) in [4.78, 5) is 68.4. The Bertz CT molecular complexity index is 2780. The van der Waals surface area contributed by atoms with Crippen LogP contribution in [0.25, 0.3) is 32.2 Å². The molecule has 3 amide bonds. The number of fused-ring (bicyclic) bond motifs is 2. The summed E-state index contributed by atoms with van der Waals surface area (Å²) in [6.45, 7) is 1.98. The van der Waals surface area contributed by atoms with Crippen molar-refractivity contribution in [1.82, 2.24) is 24.3 Å². The molecule has 2 fully saturated rings. The summed E-state index contributed by atoms with van der Waals surface area (Å²) < 4.78 is 57.2. The van der Waals surface area contributed by atoms with Crippen LogP contribution in [0.1, 0.15) is 36.6 Å².